The molecule has 1 atom stereocenters. The van der Waals surface area contributed by atoms with Crippen molar-refractivity contribution in [1.82, 2.24) is 15.5 Å². The van der Waals surface area contributed by atoms with E-state index in [2.05, 4.69) is 10.6 Å². The van der Waals surface area contributed by atoms with Crippen LogP contribution < -0.4 is 15.5 Å². The summed E-state index contributed by atoms with van der Waals surface area (Å²) < 4.78 is 13.0. The summed E-state index contributed by atoms with van der Waals surface area (Å²) in [4.78, 5) is 50.6. The zero-order valence-electron chi connectivity index (χ0n) is 13.3. The summed E-state index contributed by atoms with van der Waals surface area (Å²) in [5.41, 5.74) is 0.239. The van der Waals surface area contributed by atoms with Crippen LogP contribution in [0.1, 0.15) is 12.8 Å². The van der Waals surface area contributed by atoms with E-state index in [1.165, 1.54) is 17.0 Å². The molecular formula is C16H17FN4O4. The molecule has 132 valence electrons. The van der Waals surface area contributed by atoms with Crippen molar-refractivity contribution >= 4 is 29.4 Å². The van der Waals surface area contributed by atoms with Crippen molar-refractivity contribution < 1.29 is 23.6 Å². The predicted molar refractivity (Wildman–Crippen MR) is 85.0 cm³/mol. The Hall–Kier alpha value is -2.97. The van der Waals surface area contributed by atoms with Crippen LogP contribution in [0.25, 0.3) is 0 Å². The van der Waals surface area contributed by atoms with Crippen molar-refractivity contribution in [3.8, 4) is 0 Å². The van der Waals surface area contributed by atoms with Gasteiger partial charge in [0.05, 0.1) is 12.1 Å². The first kappa shape index (κ1) is 16.9. The molecule has 25 heavy (non-hydrogen) atoms. The second kappa shape index (κ2) is 6.88. The Morgan fingerprint density at radius 3 is 2.60 bits per heavy atom. The smallest absolute Gasteiger partial charge is 0.329 e. The molecule has 1 aromatic carbocycles. The molecule has 1 aromatic rings. The third kappa shape index (κ3) is 3.59. The molecule has 0 spiro atoms. The van der Waals surface area contributed by atoms with E-state index in [9.17, 15) is 23.6 Å². The number of carbonyl (C=O) groups excluding carboxylic acids is 4. The van der Waals surface area contributed by atoms with Crippen molar-refractivity contribution in [3.05, 3.63) is 30.1 Å². The molecular weight excluding hydrogens is 331 g/mol. The third-order valence-electron chi connectivity index (χ3n) is 4.15. The number of anilines is 1. The molecule has 1 unspecified atom stereocenters. The quantitative estimate of drug-likeness (QED) is 0.751. The predicted octanol–water partition coefficient (Wildman–Crippen LogP) is -0.0109. The van der Waals surface area contributed by atoms with Crippen molar-refractivity contribution in [1.29, 1.82) is 0 Å². The Morgan fingerprint density at radius 2 is 1.88 bits per heavy atom. The lowest BCUT2D eigenvalue weighted by Gasteiger charge is -2.20. The molecule has 2 saturated heterocycles. The maximum Gasteiger partial charge on any atom is 0.329 e. The van der Waals surface area contributed by atoms with Gasteiger partial charge in [0.1, 0.15) is 11.9 Å². The highest BCUT2D eigenvalue weighted by molar-refractivity contribution is 6.22. The van der Waals surface area contributed by atoms with E-state index in [4.69, 9.17) is 0 Å². The average Bonchev–Trinajstić information content (AvgIpc) is 2.74. The van der Waals surface area contributed by atoms with Gasteiger partial charge in [0.15, 0.2) is 0 Å². The summed E-state index contributed by atoms with van der Waals surface area (Å²) >= 11 is 0. The maximum atomic E-state index is 13.0. The number of amides is 5. The number of urea groups is 1. The van der Waals surface area contributed by atoms with Crippen LogP contribution in [0.5, 0.6) is 0 Å². The average molecular weight is 348 g/mol. The number of hydrogen-bond donors (Lipinski definition) is 2. The summed E-state index contributed by atoms with van der Waals surface area (Å²) in [5.74, 6) is -1.47. The van der Waals surface area contributed by atoms with E-state index in [0.717, 1.165) is 17.0 Å². The van der Waals surface area contributed by atoms with Crippen LogP contribution in [-0.2, 0) is 14.4 Å². The van der Waals surface area contributed by atoms with Crippen molar-refractivity contribution in [2.75, 3.05) is 24.5 Å². The Labute approximate surface area is 143 Å². The lowest BCUT2D eigenvalue weighted by atomic mass is 10.1. The van der Waals surface area contributed by atoms with E-state index >= 15 is 0 Å². The number of halogens is 1. The number of nitrogens with one attached hydrogen (secondary N) is 2. The van der Waals surface area contributed by atoms with Crippen molar-refractivity contribution in [2.24, 2.45) is 0 Å². The fraction of sp³-hybridized carbons (Fsp3) is 0.375. The number of benzene rings is 1. The highest BCUT2D eigenvalue weighted by Gasteiger charge is 2.40. The fourth-order valence-electron chi connectivity index (χ4n) is 2.82. The van der Waals surface area contributed by atoms with Crippen LogP contribution in [0.4, 0.5) is 14.9 Å². The molecule has 5 amide bonds. The van der Waals surface area contributed by atoms with Crippen LogP contribution in [0, 0.1) is 5.82 Å². The second-order valence-corrected chi connectivity index (χ2v) is 5.84. The molecule has 0 radical (unpaired) electrons. The first-order valence-corrected chi connectivity index (χ1v) is 7.90. The second-order valence-electron chi connectivity index (χ2n) is 5.84. The number of hydrogen-bond acceptors (Lipinski definition) is 4. The largest absolute Gasteiger partial charge is 0.354 e. The number of nitrogens with zero attached hydrogens (tertiary/aromatic N) is 2. The maximum absolute atomic E-state index is 13.0. The van der Waals surface area contributed by atoms with E-state index in [0.29, 0.717) is 13.1 Å². The molecule has 0 aromatic heterocycles. The fourth-order valence-corrected chi connectivity index (χ4v) is 2.82. The molecule has 3 rings (SSSR count). The van der Waals surface area contributed by atoms with Crippen LogP contribution >= 0.6 is 0 Å². The number of carbonyl (C=O) groups is 4. The van der Waals surface area contributed by atoms with Gasteiger partial charge in [-0.05, 0) is 24.3 Å². The lowest BCUT2D eigenvalue weighted by Crippen LogP contribution is -2.40. The molecule has 0 aliphatic carbocycles. The number of rotatable bonds is 3. The minimum absolute atomic E-state index is 0.122. The summed E-state index contributed by atoms with van der Waals surface area (Å²) in [7, 11) is 0. The van der Waals surface area contributed by atoms with Gasteiger partial charge in [-0.1, -0.05) is 0 Å². The monoisotopic (exact) mass is 348 g/mol. The molecule has 9 heteroatoms. The minimum atomic E-state index is -0.975. The highest BCUT2D eigenvalue weighted by Crippen LogP contribution is 2.21. The third-order valence-corrected chi connectivity index (χ3v) is 4.15. The van der Waals surface area contributed by atoms with Gasteiger partial charge >= 0.3 is 6.03 Å². The Kier molecular flexibility index (Phi) is 4.64. The van der Waals surface area contributed by atoms with Crippen LogP contribution in [0.15, 0.2) is 24.3 Å². The van der Waals surface area contributed by atoms with Gasteiger partial charge in [-0.15, -0.1) is 0 Å². The van der Waals surface area contributed by atoms with E-state index in [-0.39, 0.29) is 36.9 Å². The zero-order chi connectivity index (χ0) is 18.0. The first-order valence-electron chi connectivity index (χ1n) is 7.90. The van der Waals surface area contributed by atoms with E-state index < -0.39 is 23.8 Å². The molecule has 0 bridgehead atoms. The normalized spacial score (nSPS) is 21.0. The Morgan fingerprint density at radius 1 is 1.16 bits per heavy atom. The van der Waals surface area contributed by atoms with Gasteiger partial charge in [0.25, 0.3) is 5.91 Å². The minimum Gasteiger partial charge on any atom is -0.354 e. The van der Waals surface area contributed by atoms with Gasteiger partial charge in [0, 0.05) is 26.1 Å². The van der Waals surface area contributed by atoms with E-state index in [1.807, 2.05) is 0 Å². The van der Waals surface area contributed by atoms with Crippen molar-refractivity contribution in [2.45, 2.75) is 18.9 Å². The first-order chi connectivity index (χ1) is 12.0. The summed E-state index contributed by atoms with van der Waals surface area (Å²) in [6.07, 6.45) is 0.0227. The molecule has 2 heterocycles. The Balaban J connectivity index is 1.66. The molecule has 0 saturated carbocycles. The molecule has 8 nitrogen and oxygen atoms in total. The summed E-state index contributed by atoms with van der Waals surface area (Å²) in [6.45, 7) is 1.000. The summed E-state index contributed by atoms with van der Waals surface area (Å²) in [6, 6.07) is 3.32. The van der Waals surface area contributed by atoms with Gasteiger partial charge < -0.3 is 15.5 Å². The van der Waals surface area contributed by atoms with E-state index in [1.54, 1.807) is 0 Å². The summed E-state index contributed by atoms with van der Waals surface area (Å²) in [5, 5.41) is 5.14. The van der Waals surface area contributed by atoms with Crippen molar-refractivity contribution in [3.63, 3.8) is 0 Å². The topological polar surface area (TPSA) is 98.8 Å². The molecule has 2 aliphatic rings. The number of imide groups is 1. The standard InChI is InChI=1S/C16H17FN4O4/c17-10-1-3-11(4-2-10)21-15(24)12(19-16(21)25)9-14(23)20-7-5-13(22)18-6-8-20/h1-4,12H,5-9H2,(H,18,22)(H,19,25). The highest BCUT2D eigenvalue weighted by atomic mass is 19.1. The van der Waals surface area contributed by atoms with Gasteiger partial charge in [-0.3, -0.25) is 14.4 Å². The van der Waals surface area contributed by atoms with Gasteiger partial charge in [0.2, 0.25) is 11.8 Å². The van der Waals surface area contributed by atoms with Crippen LogP contribution in [0.2, 0.25) is 0 Å². The molecule has 2 fully saturated rings. The molecule has 2 N–H and O–H groups in total. The Bertz CT molecular complexity index is 721. The van der Waals surface area contributed by atoms with Crippen LogP contribution in [-0.4, -0.2) is 54.3 Å². The molecule has 2 aliphatic heterocycles. The SMILES string of the molecule is O=C1CCN(C(=O)CC2NC(=O)N(c3ccc(F)cc3)C2=O)CCN1. The zero-order valence-corrected chi connectivity index (χ0v) is 13.3. The van der Waals surface area contributed by atoms with Crippen LogP contribution in [0.3, 0.4) is 0 Å². The van der Waals surface area contributed by atoms with Gasteiger partial charge in [-0.25, -0.2) is 14.1 Å². The lowest BCUT2D eigenvalue weighted by molar-refractivity contribution is -0.133. The van der Waals surface area contributed by atoms with Gasteiger partial charge in [-0.2, -0.15) is 0 Å².